The van der Waals surface area contributed by atoms with E-state index in [9.17, 15) is 9.90 Å². The molecule has 1 aliphatic carbocycles. The summed E-state index contributed by atoms with van der Waals surface area (Å²) in [6, 6.07) is 4.02. The fraction of sp³-hybridized carbons (Fsp3) is 0.533. The fourth-order valence-corrected chi connectivity index (χ4v) is 3.36. The van der Waals surface area contributed by atoms with Crippen LogP contribution in [0, 0.1) is 12.3 Å². The average molecular weight is 273 g/mol. The van der Waals surface area contributed by atoms with E-state index in [2.05, 4.69) is 10.2 Å². The Morgan fingerprint density at radius 1 is 1.40 bits per heavy atom. The maximum Gasteiger partial charge on any atom is 0.303 e. The lowest BCUT2D eigenvalue weighted by Gasteiger charge is -2.26. The van der Waals surface area contributed by atoms with E-state index in [1.54, 1.807) is 0 Å². The molecule has 5 heteroatoms. The molecule has 1 N–H and O–H groups in total. The second-order valence-electron chi connectivity index (χ2n) is 6.00. The first-order chi connectivity index (χ1) is 9.58. The van der Waals surface area contributed by atoms with Crippen LogP contribution in [0.1, 0.15) is 43.5 Å². The van der Waals surface area contributed by atoms with Gasteiger partial charge in [-0.3, -0.25) is 9.20 Å². The summed E-state index contributed by atoms with van der Waals surface area (Å²) in [5, 5.41) is 17.6. The molecule has 1 saturated carbocycles. The lowest BCUT2D eigenvalue weighted by molar-refractivity contribution is -0.139. The summed E-state index contributed by atoms with van der Waals surface area (Å²) >= 11 is 0. The SMILES string of the molecule is Cc1ccn2c(CC3(CC(=O)O)CCCC3)nnc2c1. The number of hydrogen-bond acceptors (Lipinski definition) is 3. The summed E-state index contributed by atoms with van der Waals surface area (Å²) in [6.07, 6.45) is 7.08. The third kappa shape index (κ3) is 2.40. The van der Waals surface area contributed by atoms with Crippen molar-refractivity contribution in [3.8, 4) is 0 Å². The molecule has 0 unspecified atom stereocenters. The Hall–Kier alpha value is -1.91. The third-order valence-electron chi connectivity index (χ3n) is 4.36. The van der Waals surface area contributed by atoms with E-state index < -0.39 is 5.97 Å². The van der Waals surface area contributed by atoms with Crippen LogP contribution in [0.3, 0.4) is 0 Å². The van der Waals surface area contributed by atoms with Gasteiger partial charge < -0.3 is 5.11 Å². The summed E-state index contributed by atoms with van der Waals surface area (Å²) in [6.45, 7) is 2.03. The van der Waals surface area contributed by atoms with Crippen molar-refractivity contribution in [1.82, 2.24) is 14.6 Å². The van der Waals surface area contributed by atoms with E-state index in [0.29, 0.717) is 6.42 Å². The summed E-state index contributed by atoms with van der Waals surface area (Å²) in [7, 11) is 0. The van der Waals surface area contributed by atoms with E-state index in [1.807, 2.05) is 29.7 Å². The average Bonchev–Trinajstić information content (AvgIpc) is 2.97. The zero-order valence-electron chi connectivity index (χ0n) is 11.7. The van der Waals surface area contributed by atoms with Crippen molar-refractivity contribution in [1.29, 1.82) is 0 Å². The van der Waals surface area contributed by atoms with E-state index in [-0.39, 0.29) is 11.8 Å². The number of hydrogen-bond donors (Lipinski definition) is 1. The van der Waals surface area contributed by atoms with E-state index in [4.69, 9.17) is 0 Å². The summed E-state index contributed by atoms with van der Waals surface area (Å²) in [5.41, 5.74) is 1.85. The van der Waals surface area contributed by atoms with Crippen LogP contribution in [0.25, 0.3) is 5.65 Å². The third-order valence-corrected chi connectivity index (χ3v) is 4.36. The van der Waals surface area contributed by atoms with Crippen molar-refractivity contribution in [2.45, 2.75) is 45.4 Å². The van der Waals surface area contributed by atoms with Crippen LogP contribution >= 0.6 is 0 Å². The van der Waals surface area contributed by atoms with Gasteiger partial charge in [0.2, 0.25) is 0 Å². The zero-order valence-corrected chi connectivity index (χ0v) is 11.7. The number of fused-ring (bicyclic) bond motifs is 1. The van der Waals surface area contributed by atoms with Gasteiger partial charge in [0.05, 0.1) is 6.42 Å². The molecule has 106 valence electrons. The Balaban J connectivity index is 1.92. The molecule has 20 heavy (non-hydrogen) atoms. The zero-order chi connectivity index (χ0) is 14.2. The van der Waals surface area contributed by atoms with Gasteiger partial charge in [-0.25, -0.2) is 0 Å². The number of carbonyl (C=O) groups is 1. The molecule has 1 fully saturated rings. The molecule has 2 aromatic rings. The second-order valence-corrected chi connectivity index (χ2v) is 6.00. The minimum absolute atomic E-state index is 0.139. The highest BCUT2D eigenvalue weighted by atomic mass is 16.4. The smallest absolute Gasteiger partial charge is 0.303 e. The summed E-state index contributed by atoms with van der Waals surface area (Å²) in [4.78, 5) is 11.2. The first-order valence-corrected chi connectivity index (χ1v) is 7.10. The van der Waals surface area contributed by atoms with Crippen molar-refractivity contribution in [3.63, 3.8) is 0 Å². The first-order valence-electron chi connectivity index (χ1n) is 7.10. The standard InChI is InChI=1S/C15H19N3O2/c1-11-4-7-18-12(8-11)16-17-13(18)9-15(10-14(19)20)5-2-3-6-15/h4,7-8H,2-3,5-6,9-10H2,1H3,(H,19,20). The van der Waals surface area contributed by atoms with Gasteiger partial charge in [-0.15, -0.1) is 10.2 Å². The van der Waals surface area contributed by atoms with Crippen LogP contribution in [-0.2, 0) is 11.2 Å². The van der Waals surface area contributed by atoms with Crippen molar-refractivity contribution in [3.05, 3.63) is 29.7 Å². The molecule has 0 bridgehead atoms. The molecule has 0 radical (unpaired) electrons. The highest BCUT2D eigenvalue weighted by Crippen LogP contribution is 2.43. The number of pyridine rings is 1. The lowest BCUT2D eigenvalue weighted by Crippen LogP contribution is -2.24. The Kier molecular flexibility index (Phi) is 3.20. The molecular formula is C15H19N3O2. The number of carboxylic acids is 1. The van der Waals surface area contributed by atoms with Crippen LogP contribution in [0.4, 0.5) is 0 Å². The second kappa shape index (κ2) is 4.89. The van der Waals surface area contributed by atoms with Gasteiger partial charge in [-0.05, 0) is 42.9 Å². The minimum Gasteiger partial charge on any atom is -0.481 e. The number of carboxylic acid groups (broad SMARTS) is 1. The predicted octanol–water partition coefficient (Wildman–Crippen LogP) is 2.62. The highest BCUT2D eigenvalue weighted by Gasteiger charge is 2.37. The molecule has 3 rings (SSSR count). The van der Waals surface area contributed by atoms with Crippen molar-refractivity contribution in [2.75, 3.05) is 0 Å². The predicted molar refractivity (Wildman–Crippen MR) is 74.6 cm³/mol. The Morgan fingerprint density at radius 2 is 2.15 bits per heavy atom. The number of aromatic nitrogens is 3. The molecule has 0 aliphatic heterocycles. The maximum atomic E-state index is 11.2. The Labute approximate surface area is 117 Å². The van der Waals surface area contributed by atoms with Gasteiger partial charge in [0, 0.05) is 12.6 Å². The molecule has 5 nitrogen and oxygen atoms in total. The van der Waals surface area contributed by atoms with Crippen LogP contribution in [0.2, 0.25) is 0 Å². The normalized spacial score (nSPS) is 17.6. The summed E-state index contributed by atoms with van der Waals surface area (Å²) in [5.74, 6) is 0.166. The minimum atomic E-state index is -0.712. The quantitative estimate of drug-likeness (QED) is 0.929. The van der Waals surface area contributed by atoms with Gasteiger partial charge >= 0.3 is 5.97 Å². The molecule has 0 aromatic carbocycles. The molecule has 0 atom stereocenters. The molecule has 0 amide bonds. The van der Waals surface area contributed by atoms with Crippen molar-refractivity contribution >= 4 is 11.6 Å². The van der Waals surface area contributed by atoms with Gasteiger partial charge in [0.1, 0.15) is 5.82 Å². The highest BCUT2D eigenvalue weighted by molar-refractivity contribution is 5.67. The summed E-state index contributed by atoms with van der Waals surface area (Å²) < 4.78 is 1.98. The van der Waals surface area contributed by atoms with E-state index in [0.717, 1.165) is 42.7 Å². The van der Waals surface area contributed by atoms with Gasteiger partial charge in [-0.2, -0.15) is 0 Å². The van der Waals surface area contributed by atoms with E-state index >= 15 is 0 Å². The van der Waals surface area contributed by atoms with Gasteiger partial charge in [-0.1, -0.05) is 12.8 Å². The number of aryl methyl sites for hydroxylation is 1. The van der Waals surface area contributed by atoms with Crippen molar-refractivity contribution in [2.24, 2.45) is 5.41 Å². The Bertz CT molecular complexity index is 642. The first kappa shape index (κ1) is 13.1. The lowest BCUT2D eigenvalue weighted by atomic mass is 9.79. The van der Waals surface area contributed by atoms with Gasteiger partial charge in [0.25, 0.3) is 0 Å². The van der Waals surface area contributed by atoms with Crippen LogP contribution in [0.5, 0.6) is 0 Å². The monoisotopic (exact) mass is 273 g/mol. The Morgan fingerprint density at radius 3 is 2.85 bits per heavy atom. The number of rotatable bonds is 4. The molecule has 0 spiro atoms. The molecule has 1 aliphatic rings. The fourth-order valence-electron chi connectivity index (χ4n) is 3.36. The molecular weight excluding hydrogens is 254 g/mol. The van der Waals surface area contributed by atoms with Crippen molar-refractivity contribution < 1.29 is 9.90 Å². The molecule has 2 aromatic heterocycles. The molecule has 0 saturated heterocycles. The van der Waals surface area contributed by atoms with Crippen LogP contribution < -0.4 is 0 Å². The largest absolute Gasteiger partial charge is 0.481 e. The maximum absolute atomic E-state index is 11.2. The topological polar surface area (TPSA) is 67.5 Å². The number of aliphatic carboxylic acids is 1. The molecule has 2 heterocycles. The van der Waals surface area contributed by atoms with Crippen LogP contribution in [-0.4, -0.2) is 25.7 Å². The van der Waals surface area contributed by atoms with Gasteiger partial charge in [0.15, 0.2) is 5.65 Å². The van der Waals surface area contributed by atoms with Crippen LogP contribution in [0.15, 0.2) is 18.3 Å². The number of nitrogens with zero attached hydrogens (tertiary/aromatic N) is 3. The van der Waals surface area contributed by atoms with E-state index in [1.165, 1.54) is 0 Å².